The van der Waals surface area contributed by atoms with Crippen LogP contribution in [0.3, 0.4) is 0 Å². The molecule has 0 aromatic carbocycles. The molecule has 0 bridgehead atoms. The highest BCUT2D eigenvalue weighted by molar-refractivity contribution is 5.76. The van der Waals surface area contributed by atoms with Crippen molar-refractivity contribution in [3.8, 4) is 0 Å². The van der Waals surface area contributed by atoms with E-state index in [4.69, 9.17) is 9.47 Å². The molecule has 0 spiro atoms. The Morgan fingerprint density at radius 1 is 1.32 bits per heavy atom. The third-order valence-electron chi connectivity index (χ3n) is 4.11. The SMILES string of the molecule is COC1CCCCC1NCCC(=O)N1CCOCC1. The van der Waals surface area contributed by atoms with Crippen LogP contribution in [-0.2, 0) is 14.3 Å². The minimum atomic E-state index is 0.237. The fourth-order valence-electron chi connectivity index (χ4n) is 2.95. The third kappa shape index (κ3) is 4.44. The van der Waals surface area contributed by atoms with E-state index < -0.39 is 0 Å². The highest BCUT2D eigenvalue weighted by atomic mass is 16.5. The molecule has 1 saturated carbocycles. The topological polar surface area (TPSA) is 50.8 Å². The Bertz CT molecular complexity index is 280. The van der Waals surface area contributed by atoms with E-state index in [1.807, 2.05) is 4.90 Å². The van der Waals surface area contributed by atoms with Gasteiger partial charge in [-0.3, -0.25) is 4.79 Å². The number of rotatable bonds is 5. The van der Waals surface area contributed by atoms with Crippen molar-refractivity contribution in [2.24, 2.45) is 0 Å². The van der Waals surface area contributed by atoms with Gasteiger partial charge >= 0.3 is 0 Å². The van der Waals surface area contributed by atoms with E-state index in [9.17, 15) is 4.79 Å². The van der Waals surface area contributed by atoms with Crippen molar-refractivity contribution in [2.45, 2.75) is 44.2 Å². The fraction of sp³-hybridized carbons (Fsp3) is 0.929. The molecule has 0 radical (unpaired) electrons. The van der Waals surface area contributed by atoms with Gasteiger partial charge in [0.05, 0.1) is 19.3 Å². The maximum atomic E-state index is 12.0. The first-order chi connectivity index (χ1) is 9.31. The molecule has 1 aliphatic heterocycles. The quantitative estimate of drug-likeness (QED) is 0.802. The van der Waals surface area contributed by atoms with Gasteiger partial charge in [-0.15, -0.1) is 0 Å². The van der Waals surface area contributed by atoms with Crippen molar-refractivity contribution in [1.29, 1.82) is 0 Å². The summed E-state index contributed by atoms with van der Waals surface area (Å²) in [5, 5.41) is 3.49. The van der Waals surface area contributed by atoms with Crippen LogP contribution in [0.15, 0.2) is 0 Å². The molecule has 2 atom stereocenters. The van der Waals surface area contributed by atoms with E-state index in [-0.39, 0.29) is 5.91 Å². The van der Waals surface area contributed by atoms with E-state index in [2.05, 4.69) is 5.32 Å². The molecule has 1 heterocycles. The Balaban J connectivity index is 1.65. The monoisotopic (exact) mass is 270 g/mol. The van der Waals surface area contributed by atoms with Gasteiger partial charge in [0.1, 0.15) is 0 Å². The van der Waals surface area contributed by atoms with Gasteiger partial charge in [-0.2, -0.15) is 0 Å². The lowest BCUT2D eigenvalue weighted by atomic mass is 9.92. The zero-order valence-electron chi connectivity index (χ0n) is 11.9. The van der Waals surface area contributed by atoms with Crippen LogP contribution < -0.4 is 5.32 Å². The Morgan fingerprint density at radius 2 is 2.05 bits per heavy atom. The van der Waals surface area contributed by atoms with Crippen LogP contribution in [-0.4, -0.2) is 62.9 Å². The van der Waals surface area contributed by atoms with E-state index in [1.54, 1.807) is 7.11 Å². The predicted molar refractivity (Wildman–Crippen MR) is 73.1 cm³/mol. The summed E-state index contributed by atoms with van der Waals surface area (Å²) in [6, 6.07) is 0.413. The van der Waals surface area contributed by atoms with Crippen molar-refractivity contribution in [3.63, 3.8) is 0 Å². The summed E-state index contributed by atoms with van der Waals surface area (Å²) in [5.41, 5.74) is 0. The van der Waals surface area contributed by atoms with Crippen molar-refractivity contribution in [3.05, 3.63) is 0 Å². The molecule has 2 rings (SSSR count). The van der Waals surface area contributed by atoms with Crippen LogP contribution in [0.5, 0.6) is 0 Å². The minimum absolute atomic E-state index is 0.237. The second kappa shape index (κ2) is 7.82. The van der Waals surface area contributed by atoms with Crippen molar-refractivity contribution in [1.82, 2.24) is 10.2 Å². The normalized spacial score (nSPS) is 28.4. The maximum Gasteiger partial charge on any atom is 0.224 e. The van der Waals surface area contributed by atoms with Crippen LogP contribution in [0.25, 0.3) is 0 Å². The molecule has 1 amide bonds. The first-order valence-corrected chi connectivity index (χ1v) is 7.43. The summed E-state index contributed by atoms with van der Waals surface area (Å²) in [4.78, 5) is 13.9. The highest BCUT2D eigenvalue weighted by Crippen LogP contribution is 2.20. The summed E-state index contributed by atoms with van der Waals surface area (Å²) >= 11 is 0. The van der Waals surface area contributed by atoms with Gasteiger partial charge in [0.2, 0.25) is 5.91 Å². The zero-order valence-corrected chi connectivity index (χ0v) is 11.9. The maximum absolute atomic E-state index is 12.0. The number of methoxy groups -OCH3 is 1. The predicted octanol–water partition coefficient (Wildman–Crippen LogP) is 0.783. The molecule has 1 N–H and O–H groups in total. The molecule has 110 valence electrons. The van der Waals surface area contributed by atoms with Crippen LogP contribution in [0.2, 0.25) is 0 Å². The Kier molecular flexibility index (Phi) is 6.07. The van der Waals surface area contributed by atoms with Gasteiger partial charge in [0.25, 0.3) is 0 Å². The summed E-state index contributed by atoms with van der Waals surface area (Å²) < 4.78 is 10.8. The standard InChI is InChI=1S/C14H26N2O3/c1-18-13-5-3-2-4-12(13)15-7-6-14(17)16-8-10-19-11-9-16/h12-13,15H,2-11H2,1H3. The van der Waals surface area contributed by atoms with Gasteiger partial charge in [-0.25, -0.2) is 0 Å². The summed E-state index contributed by atoms with van der Waals surface area (Å²) in [6.07, 6.45) is 5.69. The third-order valence-corrected chi connectivity index (χ3v) is 4.11. The van der Waals surface area contributed by atoms with Gasteiger partial charge in [-0.05, 0) is 12.8 Å². The largest absolute Gasteiger partial charge is 0.380 e. The van der Waals surface area contributed by atoms with Crippen LogP contribution >= 0.6 is 0 Å². The molecule has 0 aromatic rings. The van der Waals surface area contributed by atoms with Gasteiger partial charge in [0, 0.05) is 39.2 Å². The van der Waals surface area contributed by atoms with Gasteiger partial charge < -0.3 is 19.7 Å². The number of carbonyl (C=O) groups is 1. The van der Waals surface area contributed by atoms with Gasteiger partial charge in [0.15, 0.2) is 0 Å². The van der Waals surface area contributed by atoms with Crippen LogP contribution in [0.4, 0.5) is 0 Å². The molecule has 2 unspecified atom stereocenters. The van der Waals surface area contributed by atoms with Gasteiger partial charge in [-0.1, -0.05) is 12.8 Å². The first-order valence-electron chi connectivity index (χ1n) is 7.43. The molecule has 5 heteroatoms. The molecule has 1 saturated heterocycles. The summed E-state index contributed by atoms with van der Waals surface area (Å²) in [7, 11) is 1.78. The average Bonchev–Trinajstić information content (AvgIpc) is 2.48. The summed E-state index contributed by atoms with van der Waals surface area (Å²) in [6.45, 7) is 3.58. The number of nitrogens with zero attached hydrogens (tertiary/aromatic N) is 1. The molecule has 1 aliphatic carbocycles. The second-order valence-corrected chi connectivity index (χ2v) is 5.36. The molecular formula is C14H26N2O3. The van der Waals surface area contributed by atoms with E-state index in [0.29, 0.717) is 31.8 Å². The van der Waals surface area contributed by atoms with Crippen LogP contribution in [0.1, 0.15) is 32.1 Å². The van der Waals surface area contributed by atoms with Crippen molar-refractivity contribution < 1.29 is 14.3 Å². The Labute approximate surface area is 115 Å². The van der Waals surface area contributed by atoms with Crippen molar-refractivity contribution in [2.75, 3.05) is 40.0 Å². The van der Waals surface area contributed by atoms with Crippen molar-refractivity contribution >= 4 is 5.91 Å². The molecule has 5 nitrogen and oxygen atoms in total. The Hall–Kier alpha value is -0.650. The fourth-order valence-corrected chi connectivity index (χ4v) is 2.95. The second-order valence-electron chi connectivity index (χ2n) is 5.36. The number of hydrogen-bond acceptors (Lipinski definition) is 4. The average molecular weight is 270 g/mol. The van der Waals surface area contributed by atoms with E-state index in [1.165, 1.54) is 12.8 Å². The number of hydrogen-bond donors (Lipinski definition) is 1. The number of morpholine rings is 1. The molecule has 2 aliphatic rings. The Morgan fingerprint density at radius 3 is 2.79 bits per heavy atom. The van der Waals surface area contributed by atoms with E-state index in [0.717, 1.165) is 32.5 Å². The number of ether oxygens (including phenoxy) is 2. The van der Waals surface area contributed by atoms with Crippen LogP contribution in [0, 0.1) is 0 Å². The minimum Gasteiger partial charge on any atom is -0.380 e. The lowest BCUT2D eigenvalue weighted by Crippen LogP contribution is -2.45. The number of nitrogens with one attached hydrogen (secondary N) is 1. The summed E-state index contributed by atoms with van der Waals surface area (Å²) in [5.74, 6) is 0.237. The van der Waals surface area contributed by atoms with E-state index >= 15 is 0 Å². The molecular weight excluding hydrogens is 244 g/mol. The number of amides is 1. The lowest BCUT2D eigenvalue weighted by Gasteiger charge is -2.31. The number of carbonyl (C=O) groups excluding carboxylic acids is 1. The molecule has 0 aromatic heterocycles. The highest BCUT2D eigenvalue weighted by Gasteiger charge is 2.24. The first kappa shape index (κ1) is 14.8. The lowest BCUT2D eigenvalue weighted by molar-refractivity contribution is -0.135. The smallest absolute Gasteiger partial charge is 0.224 e. The zero-order chi connectivity index (χ0) is 13.5. The molecule has 2 fully saturated rings. The molecule has 19 heavy (non-hydrogen) atoms.